The molecule has 0 atom stereocenters. The van der Waals surface area contributed by atoms with Crippen molar-refractivity contribution in [2.75, 3.05) is 0 Å². The summed E-state index contributed by atoms with van der Waals surface area (Å²) in [5.41, 5.74) is 2.03. The molecule has 4 heteroatoms. The van der Waals surface area contributed by atoms with E-state index < -0.39 is 0 Å². The molecule has 1 fully saturated rings. The van der Waals surface area contributed by atoms with Crippen LogP contribution in [0, 0.1) is 0 Å². The molecule has 0 heterocycles. The lowest BCUT2D eigenvalue weighted by molar-refractivity contribution is 0.174. The molecule has 0 aliphatic heterocycles. The predicted octanol–water partition coefficient (Wildman–Crippen LogP) is 4.95. The highest BCUT2D eigenvalue weighted by Gasteiger charge is 2.46. The maximum absolute atomic E-state index is 12.9. The SMILES string of the molecule is CC(C)N(Cc1ccccc1)C(=O)NC1(c2ccc(Cl)cc2)CC1. The zero-order valence-electron chi connectivity index (χ0n) is 14.1. The Bertz CT molecular complexity index is 693. The van der Waals surface area contributed by atoms with Crippen molar-refractivity contribution >= 4 is 17.6 Å². The Hall–Kier alpha value is -2.00. The van der Waals surface area contributed by atoms with E-state index in [1.165, 1.54) is 0 Å². The molecule has 3 nitrogen and oxygen atoms in total. The molecular weight excluding hydrogens is 320 g/mol. The highest BCUT2D eigenvalue weighted by atomic mass is 35.5. The van der Waals surface area contributed by atoms with Gasteiger partial charge >= 0.3 is 6.03 Å². The van der Waals surface area contributed by atoms with Gasteiger partial charge in [0.1, 0.15) is 0 Å². The largest absolute Gasteiger partial charge is 0.328 e. The Kier molecular flexibility index (Phi) is 4.81. The van der Waals surface area contributed by atoms with E-state index in [4.69, 9.17) is 11.6 Å². The average molecular weight is 343 g/mol. The number of carbonyl (C=O) groups is 1. The van der Waals surface area contributed by atoms with Crippen LogP contribution in [0.4, 0.5) is 4.79 Å². The summed E-state index contributed by atoms with van der Waals surface area (Å²) >= 11 is 5.97. The summed E-state index contributed by atoms with van der Waals surface area (Å²) in [7, 11) is 0. The monoisotopic (exact) mass is 342 g/mol. The normalized spacial score (nSPS) is 15.2. The molecule has 0 aromatic heterocycles. The third kappa shape index (κ3) is 3.73. The number of rotatable bonds is 5. The number of nitrogens with one attached hydrogen (secondary N) is 1. The zero-order chi connectivity index (χ0) is 17.2. The maximum Gasteiger partial charge on any atom is 0.318 e. The lowest BCUT2D eigenvalue weighted by Gasteiger charge is -2.30. The number of amides is 2. The van der Waals surface area contributed by atoms with E-state index in [0.29, 0.717) is 11.6 Å². The van der Waals surface area contributed by atoms with Crippen molar-refractivity contribution in [1.29, 1.82) is 0 Å². The second-order valence-electron chi connectivity index (χ2n) is 6.73. The lowest BCUT2D eigenvalue weighted by atomic mass is 10.1. The van der Waals surface area contributed by atoms with E-state index >= 15 is 0 Å². The van der Waals surface area contributed by atoms with Gasteiger partial charge in [0.05, 0.1) is 5.54 Å². The van der Waals surface area contributed by atoms with Crippen molar-refractivity contribution in [3.05, 3.63) is 70.7 Å². The first-order valence-corrected chi connectivity index (χ1v) is 8.77. The summed E-state index contributed by atoms with van der Waals surface area (Å²) in [6.45, 7) is 4.70. The first-order chi connectivity index (χ1) is 11.5. The third-order valence-electron chi connectivity index (χ3n) is 4.57. The van der Waals surface area contributed by atoms with Crippen LogP contribution in [0.25, 0.3) is 0 Å². The Morgan fingerprint density at radius 3 is 2.29 bits per heavy atom. The first-order valence-electron chi connectivity index (χ1n) is 8.39. The molecule has 2 aromatic carbocycles. The van der Waals surface area contributed by atoms with Crippen LogP contribution in [0.3, 0.4) is 0 Å². The van der Waals surface area contributed by atoms with Crippen LogP contribution in [-0.4, -0.2) is 17.0 Å². The Morgan fingerprint density at radius 1 is 1.12 bits per heavy atom. The first kappa shape index (κ1) is 16.8. The van der Waals surface area contributed by atoms with Crippen LogP contribution in [-0.2, 0) is 12.1 Å². The van der Waals surface area contributed by atoms with Gasteiger partial charge in [-0.25, -0.2) is 4.79 Å². The fraction of sp³-hybridized carbons (Fsp3) is 0.350. The highest BCUT2D eigenvalue weighted by Crippen LogP contribution is 2.45. The van der Waals surface area contributed by atoms with Gasteiger partial charge in [-0.15, -0.1) is 0 Å². The quantitative estimate of drug-likeness (QED) is 0.819. The minimum Gasteiger partial charge on any atom is -0.328 e. The van der Waals surface area contributed by atoms with Crippen molar-refractivity contribution < 1.29 is 4.79 Å². The smallest absolute Gasteiger partial charge is 0.318 e. The van der Waals surface area contributed by atoms with E-state index in [2.05, 4.69) is 17.4 Å². The molecule has 1 saturated carbocycles. The minimum atomic E-state index is -0.231. The minimum absolute atomic E-state index is 0.0127. The van der Waals surface area contributed by atoms with Gasteiger partial charge in [-0.1, -0.05) is 54.1 Å². The predicted molar refractivity (Wildman–Crippen MR) is 98.0 cm³/mol. The fourth-order valence-electron chi connectivity index (χ4n) is 2.93. The molecule has 1 aliphatic rings. The van der Waals surface area contributed by atoms with Crippen molar-refractivity contribution in [1.82, 2.24) is 10.2 Å². The van der Waals surface area contributed by atoms with Gasteiger partial charge in [-0.3, -0.25) is 0 Å². The molecule has 0 radical (unpaired) electrons. The molecule has 0 unspecified atom stereocenters. The zero-order valence-corrected chi connectivity index (χ0v) is 14.9. The van der Waals surface area contributed by atoms with Crippen LogP contribution in [0.15, 0.2) is 54.6 Å². The second kappa shape index (κ2) is 6.86. The number of hydrogen-bond donors (Lipinski definition) is 1. The third-order valence-corrected chi connectivity index (χ3v) is 4.82. The number of urea groups is 1. The van der Waals surface area contributed by atoms with Gasteiger partial charge in [-0.2, -0.15) is 0 Å². The second-order valence-corrected chi connectivity index (χ2v) is 7.16. The van der Waals surface area contributed by atoms with Gasteiger partial charge < -0.3 is 10.2 Å². The Balaban J connectivity index is 1.73. The van der Waals surface area contributed by atoms with E-state index in [1.54, 1.807) is 0 Å². The number of carbonyl (C=O) groups excluding carboxylic acids is 1. The average Bonchev–Trinajstić information content (AvgIpc) is 3.34. The van der Waals surface area contributed by atoms with Gasteiger partial charge in [-0.05, 0) is 49.9 Å². The van der Waals surface area contributed by atoms with Crippen LogP contribution in [0.5, 0.6) is 0 Å². The van der Waals surface area contributed by atoms with Crippen molar-refractivity contribution in [2.45, 2.75) is 44.8 Å². The summed E-state index contributed by atoms with van der Waals surface area (Å²) in [5.74, 6) is 0. The maximum atomic E-state index is 12.9. The van der Waals surface area contributed by atoms with Gasteiger partial charge in [0.15, 0.2) is 0 Å². The van der Waals surface area contributed by atoms with E-state index in [-0.39, 0.29) is 17.6 Å². The van der Waals surface area contributed by atoms with Crippen molar-refractivity contribution in [3.8, 4) is 0 Å². The Morgan fingerprint density at radius 2 is 1.75 bits per heavy atom. The Labute approximate surface area is 148 Å². The molecule has 1 N–H and O–H groups in total. The molecule has 0 bridgehead atoms. The van der Waals surface area contributed by atoms with Crippen LogP contribution >= 0.6 is 11.6 Å². The molecular formula is C20H23ClN2O. The standard InChI is InChI=1S/C20H23ClN2O/c1-15(2)23(14-16-6-4-3-5-7-16)19(24)22-20(12-13-20)17-8-10-18(21)11-9-17/h3-11,15H,12-14H2,1-2H3,(H,22,24). The summed E-state index contributed by atoms with van der Waals surface area (Å²) in [6.07, 6.45) is 1.94. The summed E-state index contributed by atoms with van der Waals surface area (Å²) in [6, 6.07) is 18.0. The number of benzene rings is 2. The van der Waals surface area contributed by atoms with Crippen molar-refractivity contribution in [3.63, 3.8) is 0 Å². The van der Waals surface area contributed by atoms with Crippen LogP contribution in [0.2, 0.25) is 5.02 Å². The van der Waals surface area contributed by atoms with Gasteiger partial charge in [0, 0.05) is 17.6 Å². The molecule has 24 heavy (non-hydrogen) atoms. The van der Waals surface area contributed by atoms with Crippen LogP contribution < -0.4 is 5.32 Å². The molecule has 2 amide bonds. The molecule has 1 aliphatic carbocycles. The summed E-state index contributed by atoms with van der Waals surface area (Å²) < 4.78 is 0. The number of nitrogens with zero attached hydrogens (tertiary/aromatic N) is 1. The summed E-state index contributed by atoms with van der Waals surface area (Å²) in [4.78, 5) is 14.8. The van der Waals surface area contributed by atoms with E-state index in [0.717, 1.165) is 24.0 Å². The number of hydrogen-bond acceptors (Lipinski definition) is 1. The number of halogens is 1. The molecule has 2 aromatic rings. The van der Waals surface area contributed by atoms with E-state index in [1.807, 2.05) is 61.2 Å². The highest BCUT2D eigenvalue weighted by molar-refractivity contribution is 6.30. The van der Waals surface area contributed by atoms with Gasteiger partial charge in [0.25, 0.3) is 0 Å². The van der Waals surface area contributed by atoms with Crippen LogP contribution in [0.1, 0.15) is 37.8 Å². The van der Waals surface area contributed by atoms with Crippen molar-refractivity contribution in [2.24, 2.45) is 0 Å². The fourth-order valence-corrected chi connectivity index (χ4v) is 3.05. The van der Waals surface area contributed by atoms with Gasteiger partial charge in [0.2, 0.25) is 0 Å². The topological polar surface area (TPSA) is 32.3 Å². The molecule has 3 rings (SSSR count). The molecule has 126 valence electrons. The van der Waals surface area contributed by atoms with E-state index in [9.17, 15) is 4.79 Å². The lowest BCUT2D eigenvalue weighted by Crippen LogP contribution is -2.47. The molecule has 0 spiro atoms. The summed E-state index contributed by atoms with van der Waals surface area (Å²) in [5, 5.41) is 3.97. The molecule has 0 saturated heterocycles.